The minimum Gasteiger partial charge on any atom is -0.444 e. The maximum atomic E-state index is 13.8. The topological polar surface area (TPSA) is 157 Å². The van der Waals surface area contributed by atoms with E-state index in [9.17, 15) is 24.6 Å². The van der Waals surface area contributed by atoms with Crippen molar-refractivity contribution in [1.29, 1.82) is 0 Å². The Morgan fingerprint density at radius 2 is 1.42 bits per heavy atom. The first kappa shape index (κ1) is 35.7. The molecule has 2 aromatic carbocycles. The van der Waals surface area contributed by atoms with E-state index in [1.165, 1.54) is 0 Å². The van der Waals surface area contributed by atoms with E-state index in [1.54, 1.807) is 20.8 Å². The van der Waals surface area contributed by atoms with Crippen molar-refractivity contribution in [2.45, 2.75) is 90.2 Å². The number of hydrogen-bond acceptors (Lipinski definition) is 7. The summed E-state index contributed by atoms with van der Waals surface area (Å²) in [6.07, 6.45) is -1.69. The van der Waals surface area contributed by atoms with Gasteiger partial charge in [0.2, 0.25) is 11.8 Å². The van der Waals surface area contributed by atoms with Crippen LogP contribution in [0.3, 0.4) is 0 Å². The fourth-order valence-electron chi connectivity index (χ4n) is 4.61. The minimum atomic E-state index is -1.12. The Bertz CT molecular complexity index is 1120. The Kier molecular flexibility index (Phi) is 14.6. The zero-order chi connectivity index (χ0) is 32.0. The van der Waals surface area contributed by atoms with Gasteiger partial charge in [-0.3, -0.25) is 9.59 Å². The number of alkyl carbamates (subject to hydrolysis) is 1. The van der Waals surface area contributed by atoms with Gasteiger partial charge >= 0.3 is 6.09 Å². The molecular weight excluding hydrogens is 550 g/mol. The summed E-state index contributed by atoms with van der Waals surface area (Å²) in [4.78, 5) is 39.6. The third-order valence-corrected chi connectivity index (χ3v) is 7.20. The lowest BCUT2D eigenvalue weighted by Gasteiger charge is -2.30. The van der Waals surface area contributed by atoms with Crippen molar-refractivity contribution < 1.29 is 34.4 Å². The van der Waals surface area contributed by atoms with Crippen LogP contribution in [-0.4, -0.2) is 76.3 Å². The van der Waals surface area contributed by atoms with Crippen molar-refractivity contribution in [2.24, 2.45) is 11.8 Å². The second-order valence-corrected chi connectivity index (χ2v) is 12.1. The average Bonchev–Trinajstić information content (AvgIpc) is 2.97. The van der Waals surface area contributed by atoms with Crippen LogP contribution in [0.25, 0.3) is 0 Å². The summed E-state index contributed by atoms with van der Waals surface area (Å²) in [5.41, 5.74) is 1.04. The van der Waals surface area contributed by atoms with E-state index >= 15 is 0 Å². The molecule has 0 spiro atoms. The number of carbonyl (C=O) groups excluding carboxylic acids is 3. The molecule has 0 fully saturated rings. The van der Waals surface area contributed by atoms with E-state index in [4.69, 9.17) is 9.84 Å². The maximum absolute atomic E-state index is 13.8. The SMILES string of the molecule is CCC(C)C(NC(=O)[C@@H](Cc1ccccc1)C[C@H](O)[C@H](Cc1ccccc1)NC(=O)OC(C)(C)C)C(=O)NCC(O)CO. The molecule has 0 bridgehead atoms. The first-order chi connectivity index (χ1) is 20.3. The zero-order valence-corrected chi connectivity index (χ0v) is 26.0. The fourth-order valence-corrected chi connectivity index (χ4v) is 4.61. The molecule has 6 N–H and O–H groups in total. The molecule has 43 heavy (non-hydrogen) atoms. The van der Waals surface area contributed by atoms with E-state index in [1.807, 2.05) is 74.5 Å². The van der Waals surface area contributed by atoms with Crippen LogP contribution < -0.4 is 16.0 Å². The lowest BCUT2D eigenvalue weighted by Crippen LogP contribution is -2.54. The molecule has 0 saturated carbocycles. The molecule has 0 aliphatic carbocycles. The molecule has 6 atom stereocenters. The van der Waals surface area contributed by atoms with Crippen molar-refractivity contribution in [3.05, 3.63) is 71.8 Å². The van der Waals surface area contributed by atoms with Crippen LogP contribution in [0.5, 0.6) is 0 Å². The van der Waals surface area contributed by atoms with Gasteiger partial charge in [-0.05, 0) is 57.1 Å². The summed E-state index contributed by atoms with van der Waals surface area (Å²) in [5.74, 6) is -1.85. The number of aliphatic hydroxyl groups excluding tert-OH is 3. The van der Waals surface area contributed by atoms with E-state index in [0.29, 0.717) is 19.3 Å². The van der Waals surface area contributed by atoms with Crippen LogP contribution in [0, 0.1) is 11.8 Å². The average molecular weight is 600 g/mol. The normalized spacial score (nSPS) is 15.7. The first-order valence-electron chi connectivity index (χ1n) is 14.9. The van der Waals surface area contributed by atoms with Crippen LogP contribution >= 0.6 is 0 Å². The molecule has 0 heterocycles. The highest BCUT2D eigenvalue weighted by atomic mass is 16.6. The lowest BCUT2D eigenvalue weighted by atomic mass is 9.88. The van der Waals surface area contributed by atoms with Gasteiger partial charge in [-0.2, -0.15) is 0 Å². The molecule has 0 saturated heterocycles. The van der Waals surface area contributed by atoms with Crippen molar-refractivity contribution in [3.8, 4) is 0 Å². The van der Waals surface area contributed by atoms with Crippen molar-refractivity contribution in [2.75, 3.05) is 13.2 Å². The van der Waals surface area contributed by atoms with Crippen LogP contribution in [0.2, 0.25) is 0 Å². The number of rotatable bonds is 16. The largest absolute Gasteiger partial charge is 0.444 e. The number of ether oxygens (including phenoxy) is 1. The third-order valence-electron chi connectivity index (χ3n) is 7.20. The second-order valence-electron chi connectivity index (χ2n) is 12.1. The number of carbonyl (C=O) groups is 3. The summed E-state index contributed by atoms with van der Waals surface area (Å²) >= 11 is 0. The van der Waals surface area contributed by atoms with Gasteiger partial charge in [0.25, 0.3) is 0 Å². The van der Waals surface area contributed by atoms with Crippen LogP contribution in [0.15, 0.2) is 60.7 Å². The Labute approximate surface area is 255 Å². The van der Waals surface area contributed by atoms with Crippen LogP contribution in [0.1, 0.15) is 58.6 Å². The first-order valence-corrected chi connectivity index (χ1v) is 14.9. The maximum Gasteiger partial charge on any atom is 0.407 e. The van der Waals surface area contributed by atoms with Gasteiger partial charge in [-0.15, -0.1) is 0 Å². The van der Waals surface area contributed by atoms with Gasteiger partial charge in [0, 0.05) is 12.5 Å². The smallest absolute Gasteiger partial charge is 0.407 e. The highest BCUT2D eigenvalue weighted by Crippen LogP contribution is 2.20. The van der Waals surface area contributed by atoms with Crippen molar-refractivity contribution in [3.63, 3.8) is 0 Å². The quantitative estimate of drug-likeness (QED) is 0.173. The number of hydrogen-bond donors (Lipinski definition) is 6. The Morgan fingerprint density at radius 3 is 1.93 bits per heavy atom. The van der Waals surface area contributed by atoms with Crippen molar-refractivity contribution in [1.82, 2.24) is 16.0 Å². The van der Waals surface area contributed by atoms with Gasteiger partial charge < -0.3 is 36.0 Å². The van der Waals surface area contributed by atoms with E-state index < -0.39 is 60.3 Å². The molecule has 2 aromatic rings. The van der Waals surface area contributed by atoms with Gasteiger partial charge in [-0.1, -0.05) is 80.9 Å². The molecule has 2 rings (SSSR count). The van der Waals surface area contributed by atoms with Crippen molar-refractivity contribution >= 4 is 17.9 Å². The molecule has 0 radical (unpaired) electrons. The molecule has 0 aliphatic rings. The highest BCUT2D eigenvalue weighted by molar-refractivity contribution is 5.88. The Balaban J connectivity index is 2.31. The summed E-state index contributed by atoms with van der Waals surface area (Å²) in [6.45, 7) is 8.36. The summed E-state index contributed by atoms with van der Waals surface area (Å²) in [7, 11) is 0. The number of nitrogens with one attached hydrogen (secondary N) is 3. The minimum absolute atomic E-state index is 0.00605. The predicted molar refractivity (Wildman–Crippen MR) is 165 cm³/mol. The lowest BCUT2D eigenvalue weighted by molar-refractivity contribution is -0.133. The van der Waals surface area contributed by atoms with E-state index in [2.05, 4.69) is 16.0 Å². The molecule has 10 nitrogen and oxygen atoms in total. The second kappa shape index (κ2) is 17.6. The highest BCUT2D eigenvalue weighted by Gasteiger charge is 2.33. The molecule has 3 unspecified atom stereocenters. The zero-order valence-electron chi connectivity index (χ0n) is 26.0. The fraction of sp³-hybridized carbons (Fsp3) is 0.545. The summed E-state index contributed by atoms with van der Waals surface area (Å²) < 4.78 is 5.45. The van der Waals surface area contributed by atoms with E-state index in [0.717, 1.165) is 11.1 Å². The monoisotopic (exact) mass is 599 g/mol. The Morgan fingerprint density at radius 1 is 0.860 bits per heavy atom. The number of amides is 3. The molecule has 0 aliphatic heterocycles. The van der Waals surface area contributed by atoms with Gasteiger partial charge in [-0.25, -0.2) is 4.79 Å². The Hall–Kier alpha value is -3.47. The summed E-state index contributed by atoms with van der Waals surface area (Å²) in [6, 6.07) is 17.2. The molecule has 0 aromatic heterocycles. The standard InChI is InChI=1S/C33H49N3O7/c1-6-22(2)29(31(41)34-20-26(38)21-37)36-30(40)25(17-23-13-9-7-10-14-23)19-28(39)27(18-24-15-11-8-12-16-24)35-32(42)43-33(3,4)5/h7-16,22,25-29,37-39H,6,17-21H2,1-5H3,(H,34,41)(H,35,42)(H,36,40)/t22?,25-,26?,27-,28-,29?/m0/s1. The molecular formula is C33H49N3O7. The molecule has 3 amide bonds. The van der Waals surface area contributed by atoms with Crippen LogP contribution in [-0.2, 0) is 27.2 Å². The molecule has 10 heteroatoms. The predicted octanol–water partition coefficient (Wildman–Crippen LogP) is 2.73. The van der Waals surface area contributed by atoms with Gasteiger partial charge in [0.1, 0.15) is 11.6 Å². The van der Waals surface area contributed by atoms with Crippen LogP contribution in [0.4, 0.5) is 4.79 Å². The molecule has 238 valence electrons. The number of aliphatic hydroxyl groups is 3. The van der Waals surface area contributed by atoms with E-state index in [-0.39, 0.29) is 18.9 Å². The third kappa shape index (κ3) is 13.1. The van der Waals surface area contributed by atoms with Gasteiger partial charge in [0.05, 0.1) is 24.9 Å². The summed E-state index contributed by atoms with van der Waals surface area (Å²) in [5, 5.41) is 38.6. The number of benzene rings is 2. The van der Waals surface area contributed by atoms with Gasteiger partial charge in [0.15, 0.2) is 0 Å².